The zero-order chi connectivity index (χ0) is 15.6. The molecule has 0 saturated heterocycles. The van der Waals surface area contributed by atoms with Gasteiger partial charge in [0.1, 0.15) is 5.00 Å². The Morgan fingerprint density at radius 1 is 1.33 bits per heavy atom. The lowest BCUT2D eigenvalue weighted by atomic mass is 10.3. The minimum atomic E-state index is -0.933. The third-order valence-corrected chi connectivity index (χ3v) is 5.68. The first-order chi connectivity index (χ1) is 9.91. The highest BCUT2D eigenvalue weighted by Crippen LogP contribution is 2.25. The number of amides is 1. The molecule has 0 aromatic carbocycles. The second-order valence-corrected chi connectivity index (χ2v) is 7.81. The van der Waals surface area contributed by atoms with E-state index in [1.54, 1.807) is 17.6 Å². The van der Waals surface area contributed by atoms with Crippen LogP contribution in [0.5, 0.6) is 0 Å². The molecule has 0 unspecified atom stereocenters. The molecule has 114 valence electrons. The van der Waals surface area contributed by atoms with Gasteiger partial charge in [0.2, 0.25) is 0 Å². The van der Waals surface area contributed by atoms with Crippen molar-refractivity contribution in [3.8, 4) is 5.00 Å². The highest BCUT2D eigenvalue weighted by molar-refractivity contribution is 7.84. The molecule has 2 rings (SSSR count). The van der Waals surface area contributed by atoms with Crippen LogP contribution in [0.1, 0.15) is 28.7 Å². The van der Waals surface area contributed by atoms with Crippen LogP contribution in [0.25, 0.3) is 5.00 Å². The Labute approximate surface area is 131 Å². The summed E-state index contributed by atoms with van der Waals surface area (Å²) in [7, 11) is -0.933. The maximum atomic E-state index is 12.4. The van der Waals surface area contributed by atoms with Gasteiger partial charge in [-0.3, -0.25) is 9.00 Å². The predicted octanol–water partition coefficient (Wildman–Crippen LogP) is 2.65. The topological polar surface area (TPSA) is 51.1 Å². The molecule has 0 aliphatic rings. The molecule has 0 saturated carbocycles. The van der Waals surface area contributed by atoms with E-state index in [1.165, 1.54) is 0 Å². The first kappa shape index (κ1) is 16.0. The lowest BCUT2D eigenvalue weighted by Crippen LogP contribution is -2.32. The van der Waals surface area contributed by atoms with Crippen LogP contribution < -0.4 is 5.32 Å². The molecule has 0 aliphatic carbocycles. The highest BCUT2D eigenvalue weighted by Gasteiger charge is 2.17. The van der Waals surface area contributed by atoms with E-state index in [9.17, 15) is 9.00 Å². The average molecular weight is 324 g/mol. The minimum absolute atomic E-state index is 0.0499. The summed E-state index contributed by atoms with van der Waals surface area (Å²) in [5.74, 6) is -0.115. The molecule has 6 heteroatoms. The van der Waals surface area contributed by atoms with Gasteiger partial charge in [-0.2, -0.15) is 0 Å². The number of rotatable bonds is 5. The van der Waals surface area contributed by atoms with Crippen LogP contribution in [0.3, 0.4) is 0 Å². The van der Waals surface area contributed by atoms with E-state index in [0.717, 1.165) is 16.4 Å². The molecule has 2 aromatic rings. The van der Waals surface area contributed by atoms with Gasteiger partial charge in [-0.15, -0.1) is 11.3 Å². The molecule has 0 spiro atoms. The molecular formula is C15H20N2O2S2. The normalized spacial score (nSPS) is 13.9. The maximum absolute atomic E-state index is 12.4. The summed E-state index contributed by atoms with van der Waals surface area (Å²) in [6.07, 6.45) is 1.65. The van der Waals surface area contributed by atoms with E-state index in [1.807, 2.05) is 44.4 Å². The van der Waals surface area contributed by atoms with Gasteiger partial charge in [0.05, 0.1) is 5.56 Å². The summed E-state index contributed by atoms with van der Waals surface area (Å²) in [4.78, 5) is 12.4. The van der Waals surface area contributed by atoms with Crippen molar-refractivity contribution in [3.63, 3.8) is 0 Å². The lowest BCUT2D eigenvalue weighted by molar-refractivity contribution is 0.0954. The Morgan fingerprint density at radius 2 is 1.95 bits per heavy atom. The van der Waals surface area contributed by atoms with Gasteiger partial charge in [-0.25, -0.2) is 0 Å². The van der Waals surface area contributed by atoms with Gasteiger partial charge in [-0.05, 0) is 44.4 Å². The molecular weight excluding hydrogens is 304 g/mol. The van der Waals surface area contributed by atoms with Gasteiger partial charge in [-0.1, -0.05) is 0 Å². The Hall–Kier alpha value is -1.40. The van der Waals surface area contributed by atoms with Crippen LogP contribution >= 0.6 is 11.3 Å². The number of aromatic nitrogens is 1. The van der Waals surface area contributed by atoms with Gasteiger partial charge < -0.3 is 9.88 Å². The maximum Gasteiger partial charge on any atom is 0.254 e. The zero-order valence-electron chi connectivity index (χ0n) is 12.7. The van der Waals surface area contributed by atoms with E-state index >= 15 is 0 Å². The summed E-state index contributed by atoms with van der Waals surface area (Å²) in [6, 6.07) is 5.92. The molecule has 1 amide bonds. The van der Waals surface area contributed by atoms with Crippen molar-refractivity contribution in [2.45, 2.75) is 26.0 Å². The second kappa shape index (κ2) is 6.58. The number of carbonyl (C=O) groups excluding carboxylic acids is 1. The molecule has 21 heavy (non-hydrogen) atoms. The van der Waals surface area contributed by atoms with Gasteiger partial charge in [0.25, 0.3) is 5.91 Å². The molecule has 4 nitrogen and oxygen atoms in total. The SMILES string of the molecule is Cc1ccc(C)n1-c1sccc1C(=O)NC[C@H](C)[S@](C)=O. The Balaban J connectivity index is 2.21. The number of nitrogens with one attached hydrogen (secondary N) is 1. The zero-order valence-corrected chi connectivity index (χ0v) is 14.3. The number of aryl methyl sites for hydroxylation is 2. The van der Waals surface area contributed by atoms with Crippen molar-refractivity contribution in [1.82, 2.24) is 9.88 Å². The van der Waals surface area contributed by atoms with Crippen LogP contribution in [0.2, 0.25) is 0 Å². The standard InChI is InChI=1S/C15H20N2O2S2/c1-10-5-6-11(2)17(10)15-13(7-8-20-15)14(18)16-9-12(3)21(4)19/h5-8,12H,9H2,1-4H3,(H,16,18)/t12-,21-/m0/s1. The van der Waals surface area contributed by atoms with Crippen LogP contribution in [-0.2, 0) is 10.8 Å². The van der Waals surface area contributed by atoms with Crippen LogP contribution in [0.15, 0.2) is 23.6 Å². The summed E-state index contributed by atoms with van der Waals surface area (Å²) < 4.78 is 13.4. The number of hydrogen-bond acceptors (Lipinski definition) is 3. The van der Waals surface area contributed by atoms with Gasteiger partial charge >= 0.3 is 0 Å². The third kappa shape index (κ3) is 3.44. The molecule has 2 atom stereocenters. The fraction of sp³-hybridized carbons (Fsp3) is 0.400. The molecule has 2 heterocycles. The first-order valence-electron chi connectivity index (χ1n) is 6.75. The molecule has 2 aromatic heterocycles. The highest BCUT2D eigenvalue weighted by atomic mass is 32.2. The van der Waals surface area contributed by atoms with E-state index in [2.05, 4.69) is 9.88 Å². The van der Waals surface area contributed by atoms with Crippen LogP contribution in [0, 0.1) is 13.8 Å². The van der Waals surface area contributed by atoms with Crippen molar-refractivity contribution in [3.05, 3.63) is 40.5 Å². The van der Waals surface area contributed by atoms with E-state index in [-0.39, 0.29) is 11.2 Å². The third-order valence-electron chi connectivity index (χ3n) is 3.48. The van der Waals surface area contributed by atoms with Crippen molar-refractivity contribution in [2.75, 3.05) is 12.8 Å². The average Bonchev–Trinajstić information content (AvgIpc) is 3.02. The number of thiophene rings is 1. The van der Waals surface area contributed by atoms with Gasteiger partial charge in [0, 0.05) is 40.2 Å². The molecule has 0 radical (unpaired) electrons. The van der Waals surface area contributed by atoms with Crippen LogP contribution in [-0.4, -0.2) is 32.7 Å². The van der Waals surface area contributed by atoms with Crippen molar-refractivity contribution in [1.29, 1.82) is 0 Å². The second-order valence-electron chi connectivity index (χ2n) is 5.11. The molecule has 1 N–H and O–H groups in total. The van der Waals surface area contributed by atoms with E-state index < -0.39 is 10.8 Å². The van der Waals surface area contributed by atoms with E-state index in [4.69, 9.17) is 0 Å². The van der Waals surface area contributed by atoms with Crippen LogP contribution in [0.4, 0.5) is 0 Å². The molecule has 0 aliphatic heterocycles. The largest absolute Gasteiger partial charge is 0.351 e. The summed E-state index contributed by atoms with van der Waals surface area (Å²) in [5.41, 5.74) is 2.87. The fourth-order valence-electron chi connectivity index (χ4n) is 2.09. The quantitative estimate of drug-likeness (QED) is 0.919. The Bertz CT molecular complexity index is 654. The number of hydrogen-bond donors (Lipinski definition) is 1. The summed E-state index contributed by atoms with van der Waals surface area (Å²) in [6.45, 7) is 6.33. The van der Waals surface area contributed by atoms with Gasteiger partial charge in [0.15, 0.2) is 0 Å². The minimum Gasteiger partial charge on any atom is -0.351 e. The Kier molecular flexibility index (Phi) is 5.00. The fourth-order valence-corrected chi connectivity index (χ4v) is 3.42. The Morgan fingerprint density at radius 3 is 2.52 bits per heavy atom. The van der Waals surface area contributed by atoms with Crippen molar-refractivity contribution in [2.24, 2.45) is 0 Å². The molecule has 0 fully saturated rings. The first-order valence-corrected chi connectivity index (χ1v) is 9.25. The summed E-state index contributed by atoms with van der Waals surface area (Å²) >= 11 is 1.55. The van der Waals surface area contributed by atoms with Crippen molar-refractivity contribution < 1.29 is 9.00 Å². The molecule has 0 bridgehead atoms. The smallest absolute Gasteiger partial charge is 0.254 e. The predicted molar refractivity (Wildman–Crippen MR) is 89.0 cm³/mol. The monoisotopic (exact) mass is 324 g/mol. The number of carbonyl (C=O) groups is 1. The lowest BCUT2D eigenvalue weighted by Gasteiger charge is -2.12. The summed E-state index contributed by atoms with van der Waals surface area (Å²) in [5, 5.41) is 5.67. The van der Waals surface area contributed by atoms with Crippen molar-refractivity contribution >= 4 is 28.0 Å². The van der Waals surface area contributed by atoms with E-state index in [0.29, 0.717) is 12.1 Å². The number of nitrogens with zero attached hydrogens (tertiary/aromatic N) is 1.